The molecule has 0 saturated carbocycles. The van der Waals surface area contributed by atoms with E-state index in [1.807, 2.05) is 6.92 Å². The molecule has 1 aromatic heterocycles. The van der Waals surface area contributed by atoms with E-state index >= 15 is 0 Å². The fourth-order valence-corrected chi connectivity index (χ4v) is 2.14. The Kier molecular flexibility index (Phi) is 4.03. The van der Waals surface area contributed by atoms with Crippen LogP contribution < -0.4 is 5.73 Å². The first kappa shape index (κ1) is 13.4. The molecule has 104 valence electrons. The van der Waals surface area contributed by atoms with E-state index in [2.05, 4.69) is 5.10 Å². The highest BCUT2D eigenvalue weighted by molar-refractivity contribution is 6.35. The van der Waals surface area contributed by atoms with Crippen molar-refractivity contribution in [1.82, 2.24) is 19.6 Å². The van der Waals surface area contributed by atoms with E-state index in [4.69, 9.17) is 5.73 Å². The number of hydrogen-bond acceptors (Lipinski definition) is 4. The number of nitrogens with zero attached hydrogens (tertiary/aromatic N) is 4. The molecule has 1 aliphatic rings. The zero-order valence-corrected chi connectivity index (χ0v) is 11.1. The molecule has 1 fully saturated rings. The smallest absolute Gasteiger partial charge is 0.312 e. The van der Waals surface area contributed by atoms with Crippen LogP contribution in [0.3, 0.4) is 0 Å². The summed E-state index contributed by atoms with van der Waals surface area (Å²) in [6, 6.07) is 0. The molecule has 0 spiro atoms. The van der Waals surface area contributed by atoms with Crippen molar-refractivity contribution in [1.29, 1.82) is 0 Å². The Morgan fingerprint density at radius 2 is 1.79 bits per heavy atom. The zero-order valence-electron chi connectivity index (χ0n) is 11.1. The molecule has 7 nitrogen and oxygen atoms in total. The average Bonchev–Trinajstić information content (AvgIpc) is 2.80. The molecule has 2 rings (SSSR count). The van der Waals surface area contributed by atoms with E-state index in [1.165, 1.54) is 0 Å². The summed E-state index contributed by atoms with van der Waals surface area (Å²) >= 11 is 0. The summed E-state index contributed by atoms with van der Waals surface area (Å²) in [4.78, 5) is 26.9. The van der Waals surface area contributed by atoms with Gasteiger partial charge in [-0.15, -0.1) is 0 Å². The van der Waals surface area contributed by atoms with Gasteiger partial charge in [0.15, 0.2) is 0 Å². The summed E-state index contributed by atoms with van der Waals surface area (Å²) in [5, 5.41) is 4.05. The summed E-state index contributed by atoms with van der Waals surface area (Å²) in [6.45, 7) is 4.86. The largest absolute Gasteiger partial charge is 0.396 e. The van der Waals surface area contributed by atoms with Crippen LogP contribution >= 0.6 is 0 Å². The number of nitrogens with two attached hydrogens (primary N) is 1. The standard InChI is InChI=1S/C12H19N5O2/c1-2-3-15-4-5-16(12(19)11(15)18)6-7-17-9-10(13)8-14-17/h8-9H,2-7,13H2,1H3. The maximum absolute atomic E-state index is 11.9. The van der Waals surface area contributed by atoms with Crippen LogP contribution in [0.25, 0.3) is 0 Å². The Balaban J connectivity index is 1.88. The predicted octanol–water partition coefficient (Wildman–Crippen LogP) is -0.454. The molecule has 0 aliphatic carbocycles. The minimum absolute atomic E-state index is 0.395. The summed E-state index contributed by atoms with van der Waals surface area (Å²) < 4.78 is 1.67. The third-order valence-corrected chi connectivity index (χ3v) is 3.14. The van der Waals surface area contributed by atoms with Crippen LogP contribution in [-0.4, -0.2) is 57.6 Å². The maximum Gasteiger partial charge on any atom is 0.312 e. The third kappa shape index (κ3) is 3.04. The van der Waals surface area contributed by atoms with Crippen molar-refractivity contribution in [2.45, 2.75) is 19.9 Å². The highest BCUT2D eigenvalue weighted by atomic mass is 16.2. The highest BCUT2D eigenvalue weighted by Crippen LogP contribution is 2.06. The van der Waals surface area contributed by atoms with Crippen molar-refractivity contribution in [3.05, 3.63) is 12.4 Å². The van der Waals surface area contributed by atoms with Gasteiger partial charge in [0.1, 0.15) is 0 Å². The van der Waals surface area contributed by atoms with Gasteiger partial charge in [-0.05, 0) is 6.42 Å². The Morgan fingerprint density at radius 1 is 1.16 bits per heavy atom. The average molecular weight is 265 g/mol. The topological polar surface area (TPSA) is 84.5 Å². The van der Waals surface area contributed by atoms with Crippen molar-refractivity contribution >= 4 is 17.5 Å². The van der Waals surface area contributed by atoms with Crippen LogP contribution in [0.1, 0.15) is 13.3 Å². The van der Waals surface area contributed by atoms with Crippen LogP contribution in [0.5, 0.6) is 0 Å². The molecule has 1 aliphatic heterocycles. The molecule has 0 atom stereocenters. The lowest BCUT2D eigenvalue weighted by Gasteiger charge is -2.33. The number of hydrogen-bond donors (Lipinski definition) is 1. The second kappa shape index (κ2) is 5.73. The number of carbonyl (C=O) groups is 2. The normalized spacial score (nSPS) is 16.3. The van der Waals surface area contributed by atoms with Gasteiger partial charge in [-0.2, -0.15) is 5.10 Å². The summed E-state index contributed by atoms with van der Waals surface area (Å²) in [7, 11) is 0. The lowest BCUT2D eigenvalue weighted by molar-refractivity contribution is -0.156. The Labute approximate surface area is 111 Å². The second-order valence-electron chi connectivity index (χ2n) is 4.62. The number of rotatable bonds is 5. The van der Waals surface area contributed by atoms with Crippen LogP contribution in [0.4, 0.5) is 5.69 Å². The van der Waals surface area contributed by atoms with Gasteiger partial charge in [-0.3, -0.25) is 14.3 Å². The molecule has 2 amide bonds. The molecular weight excluding hydrogens is 246 g/mol. The predicted molar refractivity (Wildman–Crippen MR) is 70.1 cm³/mol. The Bertz CT molecular complexity index is 470. The molecule has 2 N–H and O–H groups in total. The quantitative estimate of drug-likeness (QED) is 0.731. The molecular formula is C12H19N5O2. The van der Waals surface area contributed by atoms with E-state index in [1.54, 1.807) is 26.9 Å². The van der Waals surface area contributed by atoms with Crippen molar-refractivity contribution in [3.63, 3.8) is 0 Å². The number of nitrogen functional groups attached to an aromatic ring is 1. The fourth-order valence-electron chi connectivity index (χ4n) is 2.14. The van der Waals surface area contributed by atoms with Gasteiger partial charge in [0.05, 0.1) is 18.4 Å². The monoisotopic (exact) mass is 265 g/mol. The van der Waals surface area contributed by atoms with Crippen molar-refractivity contribution < 1.29 is 9.59 Å². The molecule has 7 heteroatoms. The van der Waals surface area contributed by atoms with E-state index in [9.17, 15) is 9.59 Å². The molecule has 1 saturated heterocycles. The number of anilines is 1. The highest BCUT2D eigenvalue weighted by Gasteiger charge is 2.31. The third-order valence-electron chi connectivity index (χ3n) is 3.14. The van der Waals surface area contributed by atoms with Crippen LogP contribution in [-0.2, 0) is 16.1 Å². The molecule has 0 bridgehead atoms. The van der Waals surface area contributed by atoms with E-state index in [0.717, 1.165) is 6.42 Å². The van der Waals surface area contributed by atoms with Gasteiger partial charge in [-0.1, -0.05) is 6.92 Å². The summed E-state index contributed by atoms with van der Waals surface area (Å²) in [5.74, 6) is -0.812. The minimum atomic E-state index is -0.417. The molecule has 0 unspecified atom stereocenters. The van der Waals surface area contributed by atoms with E-state index in [-0.39, 0.29) is 0 Å². The second-order valence-corrected chi connectivity index (χ2v) is 4.62. The molecule has 19 heavy (non-hydrogen) atoms. The van der Waals surface area contributed by atoms with E-state index < -0.39 is 11.8 Å². The van der Waals surface area contributed by atoms with Crippen LogP contribution in [0.15, 0.2) is 12.4 Å². The number of amides is 2. The lowest BCUT2D eigenvalue weighted by atomic mass is 10.2. The molecule has 0 radical (unpaired) electrons. The van der Waals surface area contributed by atoms with Gasteiger partial charge in [0.2, 0.25) is 0 Å². The van der Waals surface area contributed by atoms with Crippen molar-refractivity contribution in [3.8, 4) is 0 Å². The first-order valence-corrected chi connectivity index (χ1v) is 6.48. The first-order chi connectivity index (χ1) is 9.11. The van der Waals surface area contributed by atoms with Gasteiger partial charge >= 0.3 is 11.8 Å². The maximum atomic E-state index is 11.9. The van der Waals surface area contributed by atoms with Crippen LogP contribution in [0, 0.1) is 0 Å². The Hall–Kier alpha value is -2.05. The molecule has 2 heterocycles. The summed E-state index contributed by atoms with van der Waals surface area (Å²) in [6.07, 6.45) is 4.14. The molecule has 0 aromatic carbocycles. The van der Waals surface area contributed by atoms with E-state index in [0.29, 0.717) is 38.4 Å². The van der Waals surface area contributed by atoms with Crippen molar-refractivity contribution in [2.75, 3.05) is 31.9 Å². The van der Waals surface area contributed by atoms with Gasteiger partial charge in [-0.25, -0.2) is 0 Å². The molecule has 1 aromatic rings. The lowest BCUT2D eigenvalue weighted by Crippen LogP contribution is -2.54. The Morgan fingerprint density at radius 3 is 2.32 bits per heavy atom. The minimum Gasteiger partial charge on any atom is -0.396 e. The van der Waals surface area contributed by atoms with Crippen molar-refractivity contribution in [2.24, 2.45) is 0 Å². The summed E-state index contributed by atoms with van der Waals surface area (Å²) in [5.41, 5.74) is 6.16. The first-order valence-electron chi connectivity index (χ1n) is 6.48. The number of carbonyl (C=O) groups excluding carboxylic acids is 2. The van der Waals surface area contributed by atoms with Crippen LogP contribution in [0.2, 0.25) is 0 Å². The van der Waals surface area contributed by atoms with Gasteiger partial charge in [0, 0.05) is 32.4 Å². The van der Waals surface area contributed by atoms with Gasteiger partial charge < -0.3 is 15.5 Å². The number of aromatic nitrogens is 2. The fraction of sp³-hybridized carbons (Fsp3) is 0.583. The van der Waals surface area contributed by atoms with Gasteiger partial charge in [0.25, 0.3) is 0 Å². The SMILES string of the molecule is CCCN1CCN(CCn2cc(N)cn2)C(=O)C1=O. The zero-order chi connectivity index (χ0) is 13.8. The number of piperazine rings is 1.